The normalized spacial score (nSPS) is 10.2. The zero-order chi connectivity index (χ0) is 12.1. The molecule has 0 saturated carbocycles. The fraction of sp³-hybridized carbons (Fsp3) is 0.364. The molecule has 0 fully saturated rings. The Balaban J connectivity index is 3.12. The van der Waals surface area contributed by atoms with E-state index in [0.29, 0.717) is 18.5 Å². The van der Waals surface area contributed by atoms with Crippen molar-refractivity contribution in [3.63, 3.8) is 0 Å². The highest BCUT2D eigenvalue weighted by atomic mass is 19.1. The van der Waals surface area contributed by atoms with Crippen molar-refractivity contribution in [1.29, 1.82) is 0 Å². The summed E-state index contributed by atoms with van der Waals surface area (Å²) in [5.41, 5.74) is 0.485. The Morgan fingerprint density at radius 1 is 1.56 bits per heavy atom. The van der Waals surface area contributed by atoms with E-state index < -0.39 is 11.8 Å². The van der Waals surface area contributed by atoms with Crippen LogP contribution in [0.25, 0.3) is 0 Å². The number of nitrogens with one attached hydrogen (secondary N) is 1. The topological polar surface area (TPSA) is 58.6 Å². The van der Waals surface area contributed by atoms with Crippen LogP contribution in [0.1, 0.15) is 15.9 Å². The monoisotopic (exact) mass is 227 g/mol. The van der Waals surface area contributed by atoms with E-state index >= 15 is 0 Å². The number of carboxylic acids is 1. The fourth-order valence-electron chi connectivity index (χ4n) is 1.43. The molecule has 0 heterocycles. The van der Waals surface area contributed by atoms with E-state index in [1.54, 1.807) is 7.05 Å². The lowest BCUT2D eigenvalue weighted by Gasteiger charge is -2.09. The predicted molar refractivity (Wildman–Crippen MR) is 57.5 cm³/mol. The van der Waals surface area contributed by atoms with Crippen LogP contribution in [0.5, 0.6) is 5.75 Å². The molecule has 16 heavy (non-hydrogen) atoms. The molecule has 2 N–H and O–H groups in total. The average molecular weight is 227 g/mol. The molecule has 4 nitrogen and oxygen atoms in total. The molecule has 0 radical (unpaired) electrons. The molecule has 1 aromatic rings. The van der Waals surface area contributed by atoms with E-state index in [-0.39, 0.29) is 11.3 Å². The standard InChI is InChI=1S/C11H14FNO3/c1-13-4-3-7-5-8(11(14)15)10(16-2)9(12)6-7/h5-6,13H,3-4H2,1-2H3,(H,14,15). The van der Waals surface area contributed by atoms with Crippen LogP contribution in [0.4, 0.5) is 4.39 Å². The van der Waals surface area contributed by atoms with E-state index in [2.05, 4.69) is 5.32 Å². The van der Waals surface area contributed by atoms with Crippen LogP contribution >= 0.6 is 0 Å². The summed E-state index contributed by atoms with van der Waals surface area (Å²) >= 11 is 0. The number of hydrogen-bond acceptors (Lipinski definition) is 3. The Labute approximate surface area is 93.0 Å². The number of carbonyl (C=O) groups is 1. The largest absolute Gasteiger partial charge is 0.493 e. The number of hydrogen-bond donors (Lipinski definition) is 2. The van der Waals surface area contributed by atoms with Gasteiger partial charge in [0.05, 0.1) is 7.11 Å². The summed E-state index contributed by atoms with van der Waals surface area (Å²) < 4.78 is 18.2. The van der Waals surface area contributed by atoms with Crippen LogP contribution < -0.4 is 10.1 Å². The average Bonchev–Trinajstić information content (AvgIpc) is 2.25. The Morgan fingerprint density at radius 3 is 2.75 bits per heavy atom. The first kappa shape index (κ1) is 12.4. The highest BCUT2D eigenvalue weighted by Crippen LogP contribution is 2.24. The Hall–Kier alpha value is -1.62. The van der Waals surface area contributed by atoms with Crippen molar-refractivity contribution in [3.05, 3.63) is 29.1 Å². The molecule has 5 heteroatoms. The van der Waals surface area contributed by atoms with Crippen LogP contribution in [-0.4, -0.2) is 31.8 Å². The summed E-state index contributed by atoms with van der Waals surface area (Å²) in [6.07, 6.45) is 0.567. The zero-order valence-corrected chi connectivity index (χ0v) is 9.21. The van der Waals surface area contributed by atoms with Crippen LogP contribution in [0.2, 0.25) is 0 Å². The van der Waals surface area contributed by atoms with Gasteiger partial charge in [-0.15, -0.1) is 0 Å². The number of rotatable bonds is 5. The summed E-state index contributed by atoms with van der Waals surface area (Å²) in [6, 6.07) is 2.73. The number of likely N-dealkylation sites (N-methyl/N-ethyl adjacent to an activating group) is 1. The molecule has 0 aliphatic rings. The third-order valence-corrected chi connectivity index (χ3v) is 2.20. The van der Waals surface area contributed by atoms with Gasteiger partial charge in [0.15, 0.2) is 11.6 Å². The lowest BCUT2D eigenvalue weighted by Crippen LogP contribution is -2.11. The molecule has 1 rings (SSSR count). The molecule has 0 aliphatic carbocycles. The summed E-state index contributed by atoms with van der Waals surface area (Å²) in [4.78, 5) is 10.9. The first-order valence-corrected chi connectivity index (χ1v) is 4.84. The van der Waals surface area contributed by atoms with Crippen LogP contribution in [0, 0.1) is 5.82 Å². The quantitative estimate of drug-likeness (QED) is 0.796. The van der Waals surface area contributed by atoms with Crippen molar-refractivity contribution in [2.24, 2.45) is 0 Å². The van der Waals surface area contributed by atoms with E-state index in [9.17, 15) is 9.18 Å². The molecule has 0 aliphatic heterocycles. The third kappa shape index (κ3) is 2.70. The van der Waals surface area contributed by atoms with E-state index in [1.807, 2.05) is 0 Å². The maximum Gasteiger partial charge on any atom is 0.339 e. The van der Waals surface area contributed by atoms with Gasteiger partial charge >= 0.3 is 5.97 Å². The minimum absolute atomic E-state index is 0.145. The van der Waals surface area contributed by atoms with Gasteiger partial charge < -0.3 is 15.2 Å². The van der Waals surface area contributed by atoms with E-state index in [1.165, 1.54) is 19.2 Å². The number of halogens is 1. The fourth-order valence-corrected chi connectivity index (χ4v) is 1.43. The molecule has 1 aromatic carbocycles. The molecule has 0 amide bonds. The molecule has 0 bridgehead atoms. The Morgan fingerprint density at radius 2 is 2.25 bits per heavy atom. The Kier molecular flexibility index (Phi) is 4.25. The van der Waals surface area contributed by atoms with E-state index in [4.69, 9.17) is 9.84 Å². The number of aromatic carboxylic acids is 1. The van der Waals surface area contributed by atoms with Crippen molar-refractivity contribution in [1.82, 2.24) is 5.32 Å². The van der Waals surface area contributed by atoms with Gasteiger partial charge in [-0.2, -0.15) is 0 Å². The van der Waals surface area contributed by atoms with Crippen molar-refractivity contribution in [2.45, 2.75) is 6.42 Å². The SMILES string of the molecule is CNCCc1cc(F)c(OC)c(C(=O)O)c1. The summed E-state index contributed by atoms with van der Waals surface area (Å²) in [6.45, 7) is 0.658. The van der Waals surface area contributed by atoms with Gasteiger partial charge in [-0.3, -0.25) is 0 Å². The second-order valence-corrected chi connectivity index (χ2v) is 3.32. The van der Waals surface area contributed by atoms with Gasteiger partial charge in [-0.1, -0.05) is 0 Å². The van der Waals surface area contributed by atoms with Crippen molar-refractivity contribution >= 4 is 5.97 Å². The molecule has 88 valence electrons. The van der Waals surface area contributed by atoms with Crippen LogP contribution in [0.3, 0.4) is 0 Å². The second kappa shape index (κ2) is 5.46. The molecule has 0 unspecified atom stereocenters. The second-order valence-electron chi connectivity index (χ2n) is 3.32. The van der Waals surface area contributed by atoms with Crippen molar-refractivity contribution in [2.75, 3.05) is 20.7 Å². The smallest absolute Gasteiger partial charge is 0.339 e. The number of carboxylic acid groups (broad SMARTS) is 1. The first-order chi connectivity index (χ1) is 7.60. The highest BCUT2D eigenvalue weighted by molar-refractivity contribution is 5.91. The summed E-state index contributed by atoms with van der Waals surface area (Å²) in [5.74, 6) is -2.06. The predicted octanol–water partition coefficient (Wildman–Crippen LogP) is 1.29. The van der Waals surface area contributed by atoms with Crippen LogP contribution in [-0.2, 0) is 6.42 Å². The van der Waals surface area contributed by atoms with Crippen molar-refractivity contribution in [3.8, 4) is 5.75 Å². The Bertz CT molecular complexity index is 393. The van der Waals surface area contributed by atoms with E-state index in [0.717, 1.165) is 0 Å². The number of ether oxygens (including phenoxy) is 1. The zero-order valence-electron chi connectivity index (χ0n) is 9.21. The summed E-state index contributed by atoms with van der Waals surface area (Å²) in [7, 11) is 3.02. The van der Waals surface area contributed by atoms with Gasteiger partial charge in [0.1, 0.15) is 5.56 Å². The maximum absolute atomic E-state index is 13.5. The van der Waals surface area contributed by atoms with Crippen LogP contribution in [0.15, 0.2) is 12.1 Å². The molecular formula is C11H14FNO3. The third-order valence-electron chi connectivity index (χ3n) is 2.20. The van der Waals surface area contributed by atoms with Gasteiger partial charge in [0, 0.05) is 0 Å². The molecule has 0 spiro atoms. The highest BCUT2D eigenvalue weighted by Gasteiger charge is 2.16. The van der Waals surface area contributed by atoms with Gasteiger partial charge in [0.2, 0.25) is 0 Å². The molecule has 0 aromatic heterocycles. The van der Waals surface area contributed by atoms with Gasteiger partial charge in [-0.05, 0) is 37.7 Å². The molecular weight excluding hydrogens is 213 g/mol. The van der Waals surface area contributed by atoms with Gasteiger partial charge in [-0.25, -0.2) is 9.18 Å². The number of methoxy groups -OCH3 is 1. The van der Waals surface area contributed by atoms with Gasteiger partial charge in [0.25, 0.3) is 0 Å². The van der Waals surface area contributed by atoms with Crippen molar-refractivity contribution < 1.29 is 19.0 Å². The molecule has 0 saturated heterocycles. The lowest BCUT2D eigenvalue weighted by atomic mass is 10.1. The number of benzene rings is 1. The maximum atomic E-state index is 13.5. The summed E-state index contributed by atoms with van der Waals surface area (Å²) in [5, 5.41) is 11.8. The lowest BCUT2D eigenvalue weighted by molar-refractivity contribution is 0.0692. The first-order valence-electron chi connectivity index (χ1n) is 4.84. The minimum atomic E-state index is -1.19. The minimum Gasteiger partial charge on any atom is -0.493 e. The molecule has 0 atom stereocenters.